The summed E-state index contributed by atoms with van der Waals surface area (Å²) in [5, 5.41) is 25.3. The van der Waals surface area contributed by atoms with Gasteiger partial charge in [0.15, 0.2) is 11.5 Å². The van der Waals surface area contributed by atoms with Crippen LogP contribution >= 0.6 is 23.2 Å². The monoisotopic (exact) mass is 508 g/mol. The predicted octanol–water partition coefficient (Wildman–Crippen LogP) is 2.65. The topological polar surface area (TPSA) is 117 Å². The average molecular weight is 509 g/mol. The number of nitrogens with one attached hydrogen (secondary N) is 2. The molecule has 2 aromatic rings. The van der Waals surface area contributed by atoms with Gasteiger partial charge in [0.2, 0.25) is 5.91 Å². The van der Waals surface area contributed by atoms with Gasteiger partial charge >= 0.3 is 7.12 Å². The van der Waals surface area contributed by atoms with Crippen LogP contribution in [-0.2, 0) is 11.2 Å². The maximum Gasteiger partial charge on any atom is 0.475 e. The number of hydrogen-bond acceptors (Lipinski definition) is 6. The molecule has 3 rings (SSSR count). The zero-order chi connectivity index (χ0) is 24.8. The average Bonchev–Trinajstić information content (AvgIpc) is 2.79. The van der Waals surface area contributed by atoms with Gasteiger partial charge in [-0.25, -0.2) is 0 Å². The molecule has 0 saturated carbocycles. The Bertz CT molecular complexity index is 1040. The Hall–Kier alpha value is -2.46. The van der Waals surface area contributed by atoms with Crippen molar-refractivity contribution in [2.45, 2.75) is 38.7 Å². The third kappa shape index (κ3) is 7.02. The van der Waals surface area contributed by atoms with E-state index in [1.807, 2.05) is 13.8 Å². The maximum atomic E-state index is 13.2. The van der Waals surface area contributed by atoms with Crippen LogP contribution < -0.4 is 20.1 Å². The van der Waals surface area contributed by atoms with E-state index in [1.165, 1.54) is 12.1 Å². The van der Waals surface area contributed by atoms with Crippen molar-refractivity contribution < 1.29 is 29.1 Å². The molecule has 1 aliphatic heterocycles. The van der Waals surface area contributed by atoms with E-state index in [9.17, 15) is 19.6 Å². The fourth-order valence-corrected chi connectivity index (χ4v) is 3.99. The SMILES string of the molecule is CC(C)C[C@H](NC(=O)[C@H](Cc1ccc2c(c1)OCCO2)NC(=O)c1cc(Cl)ccc1Cl)B(O)O. The minimum atomic E-state index is -1.75. The molecule has 4 N–H and O–H groups in total. The van der Waals surface area contributed by atoms with Crippen LogP contribution in [0.5, 0.6) is 11.5 Å². The van der Waals surface area contributed by atoms with Crippen LogP contribution in [0.25, 0.3) is 0 Å². The zero-order valence-electron chi connectivity index (χ0n) is 18.9. The van der Waals surface area contributed by atoms with Crippen molar-refractivity contribution in [3.63, 3.8) is 0 Å². The van der Waals surface area contributed by atoms with Crippen LogP contribution in [0.15, 0.2) is 36.4 Å². The highest BCUT2D eigenvalue weighted by atomic mass is 35.5. The number of hydrogen-bond donors (Lipinski definition) is 4. The second-order valence-corrected chi connectivity index (χ2v) is 9.33. The largest absolute Gasteiger partial charge is 0.486 e. The molecule has 0 fully saturated rings. The highest BCUT2D eigenvalue weighted by Crippen LogP contribution is 2.31. The lowest BCUT2D eigenvalue weighted by atomic mass is 9.75. The van der Waals surface area contributed by atoms with E-state index in [4.69, 9.17) is 32.7 Å². The van der Waals surface area contributed by atoms with E-state index in [-0.39, 0.29) is 22.9 Å². The number of benzene rings is 2. The minimum absolute atomic E-state index is 0.100. The Morgan fingerprint density at radius 2 is 1.74 bits per heavy atom. The van der Waals surface area contributed by atoms with Gasteiger partial charge < -0.3 is 30.2 Å². The number of halogens is 2. The fourth-order valence-electron chi connectivity index (χ4n) is 3.61. The first-order valence-electron chi connectivity index (χ1n) is 10.9. The van der Waals surface area contributed by atoms with Crippen LogP contribution in [0.4, 0.5) is 0 Å². The van der Waals surface area contributed by atoms with Crippen molar-refractivity contribution in [1.29, 1.82) is 0 Å². The van der Waals surface area contributed by atoms with Gasteiger partial charge in [0, 0.05) is 11.4 Å². The number of carbonyl (C=O) groups excluding carboxylic acids is 2. The van der Waals surface area contributed by atoms with E-state index in [1.54, 1.807) is 24.3 Å². The highest BCUT2D eigenvalue weighted by Gasteiger charge is 2.31. The molecule has 1 aliphatic rings. The van der Waals surface area contributed by atoms with Gasteiger partial charge in [0.1, 0.15) is 19.3 Å². The molecule has 0 aliphatic carbocycles. The van der Waals surface area contributed by atoms with Gasteiger partial charge in [-0.05, 0) is 48.2 Å². The Morgan fingerprint density at radius 1 is 1.03 bits per heavy atom. The van der Waals surface area contributed by atoms with E-state index < -0.39 is 30.9 Å². The summed E-state index contributed by atoms with van der Waals surface area (Å²) in [6.07, 6.45) is 0.455. The van der Waals surface area contributed by atoms with Crippen molar-refractivity contribution in [3.05, 3.63) is 57.6 Å². The van der Waals surface area contributed by atoms with Crippen molar-refractivity contribution in [3.8, 4) is 11.5 Å². The molecule has 0 radical (unpaired) electrons. The summed E-state index contributed by atoms with van der Waals surface area (Å²) in [5.41, 5.74) is 0.835. The summed E-state index contributed by atoms with van der Waals surface area (Å²) in [6, 6.07) is 8.69. The van der Waals surface area contributed by atoms with Gasteiger partial charge in [-0.2, -0.15) is 0 Å². The van der Waals surface area contributed by atoms with E-state index >= 15 is 0 Å². The molecule has 0 saturated heterocycles. The first-order valence-corrected chi connectivity index (χ1v) is 11.7. The molecule has 2 amide bonds. The molecule has 11 heteroatoms. The lowest BCUT2D eigenvalue weighted by Gasteiger charge is -2.25. The standard InChI is InChI=1S/C23H27BCl2N2O6/c1-13(2)9-21(24(31)32)28-23(30)18(27-22(29)16-12-15(25)4-5-17(16)26)10-14-3-6-19-20(11-14)34-8-7-33-19/h3-6,11-13,18,21,31-32H,7-10H2,1-2H3,(H,27,29)(H,28,30)/t18-,21-/m0/s1. The Kier molecular flexibility index (Phi) is 9.07. The van der Waals surface area contributed by atoms with Crippen LogP contribution in [0.3, 0.4) is 0 Å². The number of ether oxygens (including phenoxy) is 2. The summed E-state index contributed by atoms with van der Waals surface area (Å²) in [6.45, 7) is 4.67. The first-order chi connectivity index (χ1) is 16.1. The summed E-state index contributed by atoms with van der Waals surface area (Å²) in [7, 11) is -1.75. The van der Waals surface area contributed by atoms with Gasteiger partial charge in [-0.15, -0.1) is 0 Å². The quantitative estimate of drug-likeness (QED) is 0.387. The Balaban J connectivity index is 1.85. The summed E-state index contributed by atoms with van der Waals surface area (Å²) < 4.78 is 11.2. The van der Waals surface area contributed by atoms with Crippen LogP contribution in [0, 0.1) is 5.92 Å². The van der Waals surface area contributed by atoms with Crippen molar-refractivity contribution in [2.24, 2.45) is 5.92 Å². The summed E-state index contributed by atoms with van der Waals surface area (Å²) in [4.78, 5) is 26.2. The van der Waals surface area contributed by atoms with E-state index in [0.717, 1.165) is 0 Å². The van der Waals surface area contributed by atoms with Crippen molar-refractivity contribution in [1.82, 2.24) is 10.6 Å². The van der Waals surface area contributed by atoms with Gasteiger partial charge in [0.25, 0.3) is 5.91 Å². The molecule has 2 atom stereocenters. The molecule has 34 heavy (non-hydrogen) atoms. The minimum Gasteiger partial charge on any atom is -0.486 e. The Labute approximate surface area is 208 Å². The molecule has 2 aromatic carbocycles. The summed E-state index contributed by atoms with van der Waals surface area (Å²) in [5.74, 6) is -0.804. The summed E-state index contributed by atoms with van der Waals surface area (Å²) >= 11 is 12.2. The molecule has 0 aromatic heterocycles. The molecule has 1 heterocycles. The number of carbonyl (C=O) groups is 2. The van der Waals surface area contributed by atoms with Crippen molar-refractivity contribution in [2.75, 3.05) is 13.2 Å². The van der Waals surface area contributed by atoms with Gasteiger partial charge in [0.05, 0.1) is 16.5 Å². The van der Waals surface area contributed by atoms with Crippen LogP contribution in [0.2, 0.25) is 10.0 Å². The van der Waals surface area contributed by atoms with Gasteiger partial charge in [-0.1, -0.05) is 43.1 Å². The van der Waals surface area contributed by atoms with E-state index in [0.29, 0.717) is 41.7 Å². The molecular weight excluding hydrogens is 482 g/mol. The third-order valence-electron chi connectivity index (χ3n) is 5.25. The first kappa shape index (κ1) is 26.2. The van der Waals surface area contributed by atoms with Crippen molar-refractivity contribution >= 4 is 42.1 Å². The number of rotatable bonds is 9. The predicted molar refractivity (Wildman–Crippen MR) is 130 cm³/mol. The molecule has 8 nitrogen and oxygen atoms in total. The van der Waals surface area contributed by atoms with Gasteiger partial charge in [-0.3, -0.25) is 9.59 Å². The lowest BCUT2D eigenvalue weighted by molar-refractivity contribution is -0.123. The molecule has 0 bridgehead atoms. The third-order valence-corrected chi connectivity index (χ3v) is 5.82. The highest BCUT2D eigenvalue weighted by molar-refractivity contribution is 6.43. The zero-order valence-corrected chi connectivity index (χ0v) is 20.4. The second kappa shape index (κ2) is 11.8. The second-order valence-electron chi connectivity index (χ2n) is 8.49. The normalized spacial score (nSPS) is 14.3. The van der Waals surface area contributed by atoms with Crippen LogP contribution in [0.1, 0.15) is 36.2 Å². The molecule has 0 spiro atoms. The molecule has 182 valence electrons. The smallest absolute Gasteiger partial charge is 0.475 e. The van der Waals surface area contributed by atoms with E-state index in [2.05, 4.69) is 10.6 Å². The van der Waals surface area contributed by atoms with Crippen LogP contribution in [-0.4, -0.2) is 54.2 Å². The number of amides is 2. The fraction of sp³-hybridized carbons (Fsp3) is 0.391. The Morgan fingerprint density at radius 3 is 2.41 bits per heavy atom. The maximum absolute atomic E-state index is 13.2. The molecule has 0 unspecified atom stereocenters. The molecular formula is C23H27BCl2N2O6. The lowest BCUT2D eigenvalue weighted by Crippen LogP contribution is -2.55. The number of fused-ring (bicyclic) bond motifs is 1.